The molecule has 0 unspecified atom stereocenters. The van der Waals surface area contributed by atoms with E-state index in [-0.39, 0.29) is 11.5 Å². The van der Waals surface area contributed by atoms with Gasteiger partial charge in [0.25, 0.3) is 5.56 Å². The number of anilines is 2. The number of hydrogen-bond acceptors (Lipinski definition) is 5. The molecule has 0 amide bonds. The van der Waals surface area contributed by atoms with Crippen molar-refractivity contribution in [2.75, 3.05) is 5.32 Å². The molecule has 0 aliphatic rings. The SMILES string of the molecule is O=c1[nH]c(Nc2ccc(Cl)cc2Cl)nc2nccc(-c3cccnc3)c12. The first-order chi connectivity index (χ1) is 12.6. The molecule has 0 aliphatic heterocycles. The molecular weight excluding hydrogens is 373 g/mol. The molecule has 4 rings (SSSR count). The average molecular weight is 384 g/mol. The van der Waals surface area contributed by atoms with Crippen molar-refractivity contribution < 1.29 is 0 Å². The number of aromatic amines is 1. The van der Waals surface area contributed by atoms with Gasteiger partial charge in [-0.05, 0) is 30.3 Å². The standard InChI is InChI=1S/C18H11Cl2N5O/c19-11-3-4-14(13(20)8-11)23-18-24-16-15(17(26)25-18)12(5-7-22-16)10-2-1-6-21-9-10/h1-9H,(H2,22,23,24,25,26). The minimum absolute atomic E-state index is 0.238. The predicted octanol–water partition coefficient (Wildman–Crippen LogP) is 4.43. The van der Waals surface area contributed by atoms with Crippen molar-refractivity contribution in [1.29, 1.82) is 0 Å². The first kappa shape index (κ1) is 16.5. The van der Waals surface area contributed by atoms with E-state index in [1.807, 2.05) is 12.1 Å². The fourth-order valence-corrected chi connectivity index (χ4v) is 3.06. The third-order valence-electron chi connectivity index (χ3n) is 3.76. The second kappa shape index (κ2) is 6.74. The van der Waals surface area contributed by atoms with E-state index < -0.39 is 0 Å². The van der Waals surface area contributed by atoms with E-state index in [0.717, 1.165) is 5.56 Å². The number of halogens is 2. The second-order valence-corrected chi connectivity index (χ2v) is 6.31. The summed E-state index contributed by atoms with van der Waals surface area (Å²) in [5.41, 5.74) is 2.11. The maximum Gasteiger partial charge on any atom is 0.262 e. The van der Waals surface area contributed by atoms with Gasteiger partial charge in [-0.25, -0.2) is 4.98 Å². The van der Waals surface area contributed by atoms with Gasteiger partial charge in [-0.1, -0.05) is 29.3 Å². The molecule has 4 aromatic rings. The van der Waals surface area contributed by atoms with Crippen LogP contribution in [0.3, 0.4) is 0 Å². The predicted molar refractivity (Wildman–Crippen MR) is 103 cm³/mol. The lowest BCUT2D eigenvalue weighted by Crippen LogP contribution is -2.13. The van der Waals surface area contributed by atoms with Crippen LogP contribution in [0.25, 0.3) is 22.2 Å². The lowest BCUT2D eigenvalue weighted by Gasteiger charge is -2.09. The molecule has 0 atom stereocenters. The summed E-state index contributed by atoms with van der Waals surface area (Å²) in [6.45, 7) is 0. The first-order valence-corrected chi connectivity index (χ1v) is 8.39. The van der Waals surface area contributed by atoms with Crippen LogP contribution in [0.4, 0.5) is 11.6 Å². The van der Waals surface area contributed by atoms with E-state index in [9.17, 15) is 4.79 Å². The number of H-pyrrole nitrogens is 1. The van der Waals surface area contributed by atoms with Gasteiger partial charge in [0, 0.05) is 34.7 Å². The largest absolute Gasteiger partial charge is 0.324 e. The molecular formula is C18H11Cl2N5O. The number of rotatable bonds is 3. The zero-order chi connectivity index (χ0) is 18.1. The molecule has 128 valence electrons. The van der Waals surface area contributed by atoms with E-state index >= 15 is 0 Å². The number of pyridine rings is 2. The fraction of sp³-hybridized carbons (Fsp3) is 0. The smallest absolute Gasteiger partial charge is 0.262 e. The summed E-state index contributed by atoms with van der Waals surface area (Å²) >= 11 is 12.1. The Morgan fingerprint density at radius 2 is 1.96 bits per heavy atom. The van der Waals surface area contributed by atoms with Gasteiger partial charge in [0.05, 0.1) is 16.1 Å². The highest BCUT2D eigenvalue weighted by atomic mass is 35.5. The van der Waals surface area contributed by atoms with Crippen molar-refractivity contribution in [2.45, 2.75) is 0 Å². The molecule has 0 radical (unpaired) electrons. The summed E-state index contributed by atoms with van der Waals surface area (Å²) in [6.07, 6.45) is 4.97. The summed E-state index contributed by atoms with van der Waals surface area (Å²) in [7, 11) is 0. The van der Waals surface area contributed by atoms with Crippen LogP contribution in [0.5, 0.6) is 0 Å². The second-order valence-electron chi connectivity index (χ2n) is 5.46. The van der Waals surface area contributed by atoms with E-state index in [1.54, 1.807) is 42.9 Å². The molecule has 0 fully saturated rings. The van der Waals surface area contributed by atoms with Gasteiger partial charge in [0.1, 0.15) is 0 Å². The van der Waals surface area contributed by atoms with Crippen molar-refractivity contribution >= 4 is 45.9 Å². The highest BCUT2D eigenvalue weighted by molar-refractivity contribution is 6.36. The van der Waals surface area contributed by atoms with Crippen molar-refractivity contribution in [2.24, 2.45) is 0 Å². The third kappa shape index (κ3) is 3.12. The van der Waals surface area contributed by atoms with Gasteiger partial charge in [-0.3, -0.25) is 14.8 Å². The monoisotopic (exact) mass is 383 g/mol. The summed E-state index contributed by atoms with van der Waals surface area (Å²) in [4.78, 5) is 28.1. The van der Waals surface area contributed by atoms with Crippen LogP contribution in [0.2, 0.25) is 10.0 Å². The Hall–Kier alpha value is -2.96. The number of benzene rings is 1. The van der Waals surface area contributed by atoms with Crippen molar-refractivity contribution in [3.05, 3.63) is 75.4 Å². The van der Waals surface area contributed by atoms with Gasteiger partial charge >= 0.3 is 0 Å². The maximum atomic E-state index is 12.7. The Bertz CT molecular complexity index is 1160. The molecule has 0 bridgehead atoms. The molecule has 3 heterocycles. The maximum absolute atomic E-state index is 12.7. The molecule has 0 spiro atoms. The number of nitrogens with one attached hydrogen (secondary N) is 2. The van der Waals surface area contributed by atoms with Crippen molar-refractivity contribution in [1.82, 2.24) is 19.9 Å². The molecule has 26 heavy (non-hydrogen) atoms. The van der Waals surface area contributed by atoms with Gasteiger partial charge in [-0.15, -0.1) is 0 Å². The van der Waals surface area contributed by atoms with Gasteiger partial charge in [0.2, 0.25) is 5.95 Å². The number of hydrogen-bond donors (Lipinski definition) is 2. The quantitative estimate of drug-likeness (QED) is 0.546. The molecule has 3 aromatic heterocycles. The van der Waals surface area contributed by atoms with Crippen LogP contribution < -0.4 is 10.9 Å². The van der Waals surface area contributed by atoms with Crippen molar-refractivity contribution in [3.63, 3.8) is 0 Å². The van der Waals surface area contributed by atoms with Gasteiger partial charge < -0.3 is 5.32 Å². The summed E-state index contributed by atoms with van der Waals surface area (Å²) < 4.78 is 0. The lowest BCUT2D eigenvalue weighted by atomic mass is 10.1. The molecule has 2 N–H and O–H groups in total. The Balaban J connectivity index is 1.82. The normalized spacial score (nSPS) is 10.8. The van der Waals surface area contributed by atoms with Crippen LogP contribution in [-0.4, -0.2) is 19.9 Å². The van der Waals surface area contributed by atoms with Crippen LogP contribution in [0.1, 0.15) is 0 Å². The highest BCUT2D eigenvalue weighted by Crippen LogP contribution is 2.28. The lowest BCUT2D eigenvalue weighted by molar-refractivity contribution is 1.14. The zero-order valence-electron chi connectivity index (χ0n) is 13.2. The summed E-state index contributed by atoms with van der Waals surface area (Å²) in [6, 6.07) is 10.4. The first-order valence-electron chi connectivity index (χ1n) is 7.63. The minimum atomic E-state index is -0.311. The number of aromatic nitrogens is 4. The Labute approximate surface area is 157 Å². The topological polar surface area (TPSA) is 83.6 Å². The summed E-state index contributed by atoms with van der Waals surface area (Å²) in [5.74, 6) is 0.238. The molecule has 6 nitrogen and oxygen atoms in total. The van der Waals surface area contributed by atoms with Crippen LogP contribution >= 0.6 is 23.2 Å². The molecule has 0 saturated carbocycles. The summed E-state index contributed by atoms with van der Waals surface area (Å²) in [5, 5.41) is 4.31. The van der Waals surface area contributed by atoms with Gasteiger partial charge in [-0.2, -0.15) is 4.98 Å². The zero-order valence-corrected chi connectivity index (χ0v) is 14.7. The number of nitrogens with zero attached hydrogens (tertiary/aromatic N) is 3. The Morgan fingerprint density at radius 3 is 2.73 bits per heavy atom. The molecule has 0 saturated heterocycles. The Morgan fingerprint density at radius 1 is 1.08 bits per heavy atom. The van der Waals surface area contributed by atoms with E-state index in [0.29, 0.717) is 32.3 Å². The minimum Gasteiger partial charge on any atom is -0.324 e. The van der Waals surface area contributed by atoms with E-state index in [2.05, 4.69) is 25.3 Å². The van der Waals surface area contributed by atoms with Gasteiger partial charge in [0.15, 0.2) is 5.65 Å². The van der Waals surface area contributed by atoms with E-state index in [1.165, 1.54) is 0 Å². The third-order valence-corrected chi connectivity index (χ3v) is 4.31. The fourth-order valence-electron chi connectivity index (χ4n) is 2.60. The average Bonchev–Trinajstić information content (AvgIpc) is 2.64. The van der Waals surface area contributed by atoms with Crippen LogP contribution in [0, 0.1) is 0 Å². The van der Waals surface area contributed by atoms with Crippen LogP contribution in [-0.2, 0) is 0 Å². The highest BCUT2D eigenvalue weighted by Gasteiger charge is 2.12. The molecule has 1 aromatic carbocycles. The Kier molecular flexibility index (Phi) is 4.28. The van der Waals surface area contributed by atoms with Crippen molar-refractivity contribution in [3.8, 4) is 11.1 Å². The van der Waals surface area contributed by atoms with Crippen LogP contribution in [0.15, 0.2) is 59.8 Å². The molecule has 8 heteroatoms. The van der Waals surface area contributed by atoms with E-state index in [4.69, 9.17) is 23.2 Å². The molecule has 0 aliphatic carbocycles. The number of fused-ring (bicyclic) bond motifs is 1.